The number of nitrogens with zero attached hydrogens (tertiary/aromatic N) is 4. The van der Waals surface area contributed by atoms with Crippen molar-refractivity contribution in [3.05, 3.63) is 51.1 Å². The van der Waals surface area contributed by atoms with Gasteiger partial charge in [0.25, 0.3) is 5.56 Å². The molecule has 16 heavy (non-hydrogen) atoms. The van der Waals surface area contributed by atoms with Crippen molar-refractivity contribution in [3.63, 3.8) is 0 Å². The predicted molar refractivity (Wildman–Crippen MR) is 58.3 cm³/mol. The molecule has 6 nitrogen and oxygen atoms in total. The van der Waals surface area contributed by atoms with E-state index in [1.807, 2.05) is 0 Å². The van der Waals surface area contributed by atoms with E-state index in [4.69, 9.17) is 0 Å². The number of rotatable bonds is 2. The van der Waals surface area contributed by atoms with Gasteiger partial charge >= 0.3 is 5.69 Å². The Balaban J connectivity index is 2.46. The van der Waals surface area contributed by atoms with E-state index in [2.05, 4.69) is 5.10 Å². The first-order chi connectivity index (χ1) is 7.58. The molecule has 0 saturated carbocycles. The highest BCUT2D eigenvalue weighted by Gasteiger charge is 2.05. The van der Waals surface area contributed by atoms with Gasteiger partial charge in [0.15, 0.2) is 0 Å². The summed E-state index contributed by atoms with van der Waals surface area (Å²) < 4.78 is 4.15. The highest BCUT2D eigenvalue weighted by Crippen LogP contribution is 1.94. The summed E-state index contributed by atoms with van der Waals surface area (Å²) in [6.07, 6.45) is 3.23. The second kappa shape index (κ2) is 3.80. The average Bonchev–Trinajstić information content (AvgIpc) is 2.65. The molecule has 0 radical (unpaired) electrons. The Bertz CT molecular complexity index is 620. The van der Waals surface area contributed by atoms with E-state index in [0.717, 1.165) is 4.57 Å². The van der Waals surface area contributed by atoms with Crippen molar-refractivity contribution < 1.29 is 0 Å². The Morgan fingerprint density at radius 1 is 1.19 bits per heavy atom. The Labute approximate surface area is 91.4 Å². The van der Waals surface area contributed by atoms with Crippen LogP contribution < -0.4 is 11.2 Å². The molecule has 0 bridgehead atoms. The number of hydrogen-bond acceptors (Lipinski definition) is 3. The second-order valence-corrected chi connectivity index (χ2v) is 3.61. The zero-order valence-corrected chi connectivity index (χ0v) is 9.12. The molecule has 2 rings (SSSR count). The van der Waals surface area contributed by atoms with Crippen LogP contribution in [0.3, 0.4) is 0 Å². The molecule has 0 unspecified atom stereocenters. The number of aromatic nitrogens is 4. The number of aryl methyl sites for hydroxylation is 2. The van der Waals surface area contributed by atoms with Gasteiger partial charge in [0.1, 0.15) is 0 Å². The summed E-state index contributed by atoms with van der Waals surface area (Å²) in [5, 5.41) is 4.13. The lowest BCUT2D eigenvalue weighted by Gasteiger charge is -2.03. The lowest BCUT2D eigenvalue weighted by molar-refractivity contribution is 0.620. The van der Waals surface area contributed by atoms with Gasteiger partial charge in [-0.2, -0.15) is 5.10 Å². The first-order valence-electron chi connectivity index (χ1n) is 4.83. The quantitative estimate of drug-likeness (QED) is 0.674. The molecule has 0 spiro atoms. The van der Waals surface area contributed by atoms with E-state index in [-0.39, 0.29) is 17.8 Å². The Kier molecular flexibility index (Phi) is 2.47. The molecule has 0 amide bonds. The molecule has 0 aliphatic carbocycles. The average molecular weight is 220 g/mol. The molecule has 2 aromatic rings. The third-order valence-corrected chi connectivity index (χ3v) is 2.33. The lowest BCUT2D eigenvalue weighted by atomic mass is 10.4. The predicted octanol–water partition coefficient (Wildman–Crippen LogP) is -0.671. The van der Waals surface area contributed by atoms with Gasteiger partial charge in [-0.15, -0.1) is 0 Å². The summed E-state index contributed by atoms with van der Waals surface area (Å²) in [6.45, 7) is 0.202. The maximum absolute atomic E-state index is 11.7. The molecular weight excluding hydrogens is 208 g/mol. The standard InChI is InChI=1S/C10H12N4O2/c1-12-5-4-9(15)14(10(12)16)7-8-3-6-13(2)11-8/h3-6H,7H2,1-2H3. The Morgan fingerprint density at radius 2 is 1.94 bits per heavy atom. The fraction of sp³-hybridized carbons (Fsp3) is 0.300. The summed E-state index contributed by atoms with van der Waals surface area (Å²) in [7, 11) is 3.39. The van der Waals surface area contributed by atoms with Crippen molar-refractivity contribution in [2.24, 2.45) is 14.1 Å². The Morgan fingerprint density at radius 3 is 2.56 bits per heavy atom. The minimum atomic E-state index is -0.335. The molecule has 84 valence electrons. The highest BCUT2D eigenvalue weighted by atomic mass is 16.2. The second-order valence-electron chi connectivity index (χ2n) is 3.61. The van der Waals surface area contributed by atoms with E-state index in [9.17, 15) is 9.59 Å². The van der Waals surface area contributed by atoms with Crippen molar-refractivity contribution in [2.75, 3.05) is 0 Å². The van der Waals surface area contributed by atoms with Gasteiger partial charge in [-0.3, -0.25) is 14.0 Å². The maximum atomic E-state index is 11.7. The molecule has 0 aliphatic rings. The lowest BCUT2D eigenvalue weighted by Crippen LogP contribution is -2.38. The van der Waals surface area contributed by atoms with Crippen molar-refractivity contribution in [1.82, 2.24) is 18.9 Å². The maximum Gasteiger partial charge on any atom is 0.331 e. The summed E-state index contributed by atoms with van der Waals surface area (Å²) >= 11 is 0. The van der Waals surface area contributed by atoms with E-state index >= 15 is 0 Å². The highest BCUT2D eigenvalue weighted by molar-refractivity contribution is 5.00. The van der Waals surface area contributed by atoms with Crippen LogP contribution in [0.25, 0.3) is 0 Å². The van der Waals surface area contributed by atoms with Crippen molar-refractivity contribution in [3.8, 4) is 0 Å². The van der Waals surface area contributed by atoms with Crippen LogP contribution in [-0.2, 0) is 20.6 Å². The molecule has 0 atom stereocenters. The topological polar surface area (TPSA) is 61.8 Å². The van der Waals surface area contributed by atoms with Gasteiger partial charge < -0.3 is 4.57 Å². The van der Waals surface area contributed by atoms with Gasteiger partial charge in [0, 0.05) is 32.6 Å². The normalized spacial score (nSPS) is 10.6. The minimum Gasteiger partial charge on any atom is -0.303 e. The van der Waals surface area contributed by atoms with Gasteiger partial charge in [-0.1, -0.05) is 0 Å². The SMILES string of the molecule is Cn1ccc(Cn2c(=O)ccn(C)c2=O)n1. The molecular formula is C10H12N4O2. The van der Waals surface area contributed by atoms with E-state index in [0.29, 0.717) is 5.69 Å². The van der Waals surface area contributed by atoms with Crippen molar-refractivity contribution in [2.45, 2.75) is 6.54 Å². The molecule has 6 heteroatoms. The first kappa shape index (κ1) is 10.4. The Hall–Kier alpha value is -2.11. The fourth-order valence-electron chi connectivity index (χ4n) is 1.47. The van der Waals surface area contributed by atoms with Gasteiger partial charge in [0.05, 0.1) is 12.2 Å². The van der Waals surface area contributed by atoms with Crippen molar-refractivity contribution >= 4 is 0 Å². The van der Waals surface area contributed by atoms with Crippen LogP contribution in [0.1, 0.15) is 5.69 Å². The summed E-state index contributed by atoms with van der Waals surface area (Å²) in [5.74, 6) is 0. The monoisotopic (exact) mass is 220 g/mol. The summed E-state index contributed by atoms with van der Waals surface area (Å²) in [6, 6.07) is 3.14. The van der Waals surface area contributed by atoms with Gasteiger partial charge in [0.2, 0.25) is 0 Å². The van der Waals surface area contributed by atoms with Crippen LogP contribution in [0.5, 0.6) is 0 Å². The molecule has 0 aromatic carbocycles. The number of hydrogen-bond donors (Lipinski definition) is 0. The van der Waals surface area contributed by atoms with Crippen LogP contribution in [0.2, 0.25) is 0 Å². The molecule has 0 fully saturated rings. The molecule has 2 heterocycles. The zero-order chi connectivity index (χ0) is 11.7. The third kappa shape index (κ3) is 1.81. The molecule has 0 saturated heterocycles. The molecule has 0 N–H and O–H groups in total. The van der Waals surface area contributed by atoms with Crippen molar-refractivity contribution in [1.29, 1.82) is 0 Å². The van der Waals surface area contributed by atoms with Gasteiger partial charge in [-0.05, 0) is 6.07 Å². The fourth-order valence-corrected chi connectivity index (χ4v) is 1.47. The molecule has 2 aromatic heterocycles. The summed E-state index contributed by atoms with van der Waals surface area (Å²) in [4.78, 5) is 23.2. The largest absolute Gasteiger partial charge is 0.331 e. The van der Waals surface area contributed by atoms with Crippen LogP contribution in [0.15, 0.2) is 34.1 Å². The van der Waals surface area contributed by atoms with Gasteiger partial charge in [-0.25, -0.2) is 4.79 Å². The third-order valence-electron chi connectivity index (χ3n) is 2.33. The zero-order valence-electron chi connectivity index (χ0n) is 9.12. The minimum absolute atomic E-state index is 0.202. The van der Waals surface area contributed by atoms with Crippen LogP contribution >= 0.6 is 0 Å². The summed E-state index contributed by atoms with van der Waals surface area (Å²) in [5.41, 5.74) is 0.0415. The van der Waals surface area contributed by atoms with E-state index in [1.54, 1.807) is 31.0 Å². The molecule has 0 aliphatic heterocycles. The smallest absolute Gasteiger partial charge is 0.303 e. The van der Waals surface area contributed by atoms with Crippen LogP contribution in [-0.4, -0.2) is 18.9 Å². The first-order valence-corrected chi connectivity index (χ1v) is 4.83. The van der Waals surface area contributed by atoms with Crippen LogP contribution in [0.4, 0.5) is 0 Å². The van der Waals surface area contributed by atoms with E-state index < -0.39 is 0 Å². The van der Waals surface area contributed by atoms with E-state index in [1.165, 1.54) is 16.8 Å². The van der Waals surface area contributed by atoms with Crippen LogP contribution in [0, 0.1) is 0 Å².